The second-order valence-corrected chi connectivity index (χ2v) is 4.65. The van der Waals surface area contributed by atoms with Gasteiger partial charge >= 0.3 is 17.5 Å². The van der Waals surface area contributed by atoms with Crippen LogP contribution in [0.4, 0.5) is 5.82 Å². The van der Waals surface area contributed by atoms with Crippen LogP contribution in [0.5, 0.6) is 11.5 Å². The van der Waals surface area contributed by atoms with Gasteiger partial charge in [-0.15, -0.1) is 0 Å². The minimum atomic E-state index is -0.650. The molecule has 0 bridgehead atoms. The molecule has 2 aromatic rings. The number of aromatic nitrogens is 2. The largest absolute Gasteiger partial charge is 0.497 e. The first-order valence-electron chi connectivity index (χ1n) is 6.63. The summed E-state index contributed by atoms with van der Waals surface area (Å²) in [6, 6.07) is 5.21. The van der Waals surface area contributed by atoms with Crippen LogP contribution in [0.3, 0.4) is 0 Å². The Morgan fingerprint density at radius 1 is 1.39 bits per heavy atom. The molecule has 0 aliphatic heterocycles. The van der Waals surface area contributed by atoms with Crippen molar-refractivity contribution < 1.29 is 19.2 Å². The third-order valence-corrected chi connectivity index (χ3v) is 3.19. The summed E-state index contributed by atoms with van der Waals surface area (Å²) in [5.74, 6) is 0.273. The fraction of sp³-hybridized carbons (Fsp3) is 0.286. The number of nitro groups is 1. The highest BCUT2D eigenvalue weighted by Gasteiger charge is 2.23. The van der Waals surface area contributed by atoms with Crippen LogP contribution in [0.15, 0.2) is 24.4 Å². The average Bonchev–Trinajstić information content (AvgIpc) is 2.94. The number of benzene rings is 1. The van der Waals surface area contributed by atoms with Gasteiger partial charge in [0.15, 0.2) is 0 Å². The number of carbonyl (C=O) groups is 1. The van der Waals surface area contributed by atoms with Crippen molar-refractivity contribution in [2.75, 3.05) is 14.2 Å². The third-order valence-electron chi connectivity index (χ3n) is 3.19. The van der Waals surface area contributed by atoms with Gasteiger partial charge in [0.1, 0.15) is 17.7 Å². The Morgan fingerprint density at radius 2 is 2.13 bits per heavy atom. The van der Waals surface area contributed by atoms with Crippen LogP contribution >= 0.6 is 0 Å². The minimum Gasteiger partial charge on any atom is -0.497 e. The molecule has 0 saturated heterocycles. The summed E-state index contributed by atoms with van der Waals surface area (Å²) < 4.78 is 11.7. The van der Waals surface area contributed by atoms with Crippen molar-refractivity contribution in [2.24, 2.45) is 7.05 Å². The van der Waals surface area contributed by atoms with Gasteiger partial charge in [0.05, 0.1) is 14.2 Å². The zero-order valence-corrected chi connectivity index (χ0v) is 12.9. The lowest BCUT2D eigenvalue weighted by molar-refractivity contribution is -0.389. The number of imidazole rings is 1. The first kappa shape index (κ1) is 16.3. The fourth-order valence-electron chi connectivity index (χ4n) is 2.00. The average molecular weight is 320 g/mol. The van der Waals surface area contributed by atoms with Crippen molar-refractivity contribution in [1.82, 2.24) is 14.9 Å². The highest BCUT2D eigenvalue weighted by atomic mass is 16.6. The van der Waals surface area contributed by atoms with Gasteiger partial charge < -0.3 is 29.5 Å². The lowest BCUT2D eigenvalue weighted by Gasteiger charge is -2.10. The number of carbonyl (C=O) groups excluding carboxylic acids is 1. The highest BCUT2D eigenvalue weighted by Crippen LogP contribution is 2.24. The number of nitrogens with one attached hydrogen (secondary N) is 1. The second-order valence-electron chi connectivity index (χ2n) is 4.65. The van der Waals surface area contributed by atoms with Crippen LogP contribution in [0, 0.1) is 10.1 Å². The van der Waals surface area contributed by atoms with Crippen LogP contribution in [-0.4, -0.2) is 34.6 Å². The topological polar surface area (TPSA) is 109 Å². The molecule has 9 heteroatoms. The number of methoxy groups -OCH3 is 2. The van der Waals surface area contributed by atoms with E-state index in [0.29, 0.717) is 11.5 Å². The number of nitrogens with zero attached hydrogens (tertiary/aromatic N) is 3. The van der Waals surface area contributed by atoms with Gasteiger partial charge in [-0.05, 0) is 22.0 Å². The molecule has 0 saturated carbocycles. The number of hydrogen-bond acceptors (Lipinski definition) is 6. The van der Waals surface area contributed by atoms with Crippen molar-refractivity contribution in [3.63, 3.8) is 0 Å². The van der Waals surface area contributed by atoms with E-state index in [1.165, 1.54) is 24.9 Å². The Bertz CT molecular complexity index is 741. The summed E-state index contributed by atoms with van der Waals surface area (Å²) >= 11 is 0. The standard InChI is InChI=1S/C14H16N4O5/c1-17-8-12(18(20)21)16-13(17)14(19)15-7-9-4-5-10(22-2)6-11(9)23-3/h4-6,8H,7H2,1-3H3,(H,15,19). The summed E-state index contributed by atoms with van der Waals surface area (Å²) in [5.41, 5.74) is 0.741. The lowest BCUT2D eigenvalue weighted by atomic mass is 10.2. The molecule has 0 aliphatic carbocycles. The van der Waals surface area contributed by atoms with Crippen molar-refractivity contribution in [2.45, 2.75) is 6.54 Å². The molecule has 1 aromatic heterocycles. The zero-order chi connectivity index (χ0) is 17.0. The van der Waals surface area contributed by atoms with E-state index < -0.39 is 10.8 Å². The number of aryl methyl sites for hydroxylation is 1. The number of ether oxygens (including phenoxy) is 2. The number of hydrogen-bond donors (Lipinski definition) is 1. The monoisotopic (exact) mass is 320 g/mol. The summed E-state index contributed by atoms with van der Waals surface area (Å²) in [5, 5.41) is 13.3. The van der Waals surface area contributed by atoms with Crippen molar-refractivity contribution >= 4 is 11.7 Å². The molecular formula is C14H16N4O5. The molecule has 0 spiro atoms. The molecule has 1 N–H and O–H groups in total. The smallest absolute Gasteiger partial charge is 0.382 e. The highest BCUT2D eigenvalue weighted by molar-refractivity contribution is 5.91. The van der Waals surface area contributed by atoms with Gasteiger partial charge in [-0.2, -0.15) is 0 Å². The first-order valence-corrected chi connectivity index (χ1v) is 6.63. The summed E-state index contributed by atoms with van der Waals surface area (Å²) in [4.78, 5) is 25.8. The van der Waals surface area contributed by atoms with E-state index >= 15 is 0 Å². The number of amides is 1. The molecule has 2 rings (SSSR count). The van der Waals surface area contributed by atoms with E-state index in [0.717, 1.165) is 5.56 Å². The first-order chi connectivity index (χ1) is 11.0. The maximum Gasteiger partial charge on any atom is 0.382 e. The Morgan fingerprint density at radius 3 is 2.70 bits per heavy atom. The molecule has 1 amide bonds. The van der Waals surface area contributed by atoms with E-state index in [9.17, 15) is 14.9 Å². The maximum atomic E-state index is 12.1. The SMILES string of the molecule is COc1ccc(CNC(=O)c2nc([N+](=O)[O-])cn2C)c(OC)c1. The van der Waals surface area contributed by atoms with E-state index in [1.54, 1.807) is 25.3 Å². The molecule has 122 valence electrons. The molecule has 23 heavy (non-hydrogen) atoms. The van der Waals surface area contributed by atoms with Crippen molar-refractivity contribution in [3.8, 4) is 11.5 Å². The third kappa shape index (κ3) is 3.57. The Balaban J connectivity index is 2.11. The van der Waals surface area contributed by atoms with Crippen LogP contribution in [0.25, 0.3) is 0 Å². The van der Waals surface area contributed by atoms with Gasteiger partial charge in [-0.1, -0.05) is 0 Å². The number of rotatable bonds is 6. The zero-order valence-electron chi connectivity index (χ0n) is 12.9. The lowest BCUT2D eigenvalue weighted by Crippen LogP contribution is -2.25. The van der Waals surface area contributed by atoms with Crippen molar-refractivity contribution in [3.05, 3.63) is 45.9 Å². The summed E-state index contributed by atoms with van der Waals surface area (Å²) in [7, 11) is 4.58. The quantitative estimate of drug-likeness (QED) is 0.634. The maximum absolute atomic E-state index is 12.1. The molecule has 1 aromatic carbocycles. The molecule has 0 aliphatic rings. The van der Waals surface area contributed by atoms with Crippen molar-refractivity contribution in [1.29, 1.82) is 0 Å². The Kier molecular flexibility index (Phi) is 4.79. The fourth-order valence-corrected chi connectivity index (χ4v) is 2.00. The predicted molar refractivity (Wildman–Crippen MR) is 80.6 cm³/mol. The molecule has 0 fully saturated rings. The molecule has 0 radical (unpaired) electrons. The molecule has 0 unspecified atom stereocenters. The Labute approximate surface area is 132 Å². The molecular weight excluding hydrogens is 304 g/mol. The van der Waals surface area contributed by atoms with Crippen LogP contribution in [0.2, 0.25) is 0 Å². The normalized spacial score (nSPS) is 10.2. The van der Waals surface area contributed by atoms with Gasteiger partial charge in [0, 0.05) is 25.2 Å². The molecule has 9 nitrogen and oxygen atoms in total. The van der Waals surface area contributed by atoms with E-state index in [2.05, 4.69) is 10.3 Å². The minimum absolute atomic E-state index is 0.0378. The predicted octanol–water partition coefficient (Wildman–Crippen LogP) is 1.28. The van der Waals surface area contributed by atoms with E-state index in [4.69, 9.17) is 9.47 Å². The second kappa shape index (κ2) is 6.77. The van der Waals surface area contributed by atoms with Crippen LogP contribution < -0.4 is 14.8 Å². The van der Waals surface area contributed by atoms with Gasteiger partial charge in [0.25, 0.3) is 0 Å². The molecule has 0 atom stereocenters. The molecule has 1 heterocycles. The van der Waals surface area contributed by atoms with Crippen LogP contribution in [-0.2, 0) is 13.6 Å². The van der Waals surface area contributed by atoms with Crippen LogP contribution in [0.1, 0.15) is 16.2 Å². The van der Waals surface area contributed by atoms with Gasteiger partial charge in [0.2, 0.25) is 0 Å². The van der Waals surface area contributed by atoms with Gasteiger partial charge in [-0.25, -0.2) is 0 Å². The van der Waals surface area contributed by atoms with Gasteiger partial charge in [-0.3, -0.25) is 4.79 Å². The summed E-state index contributed by atoms with van der Waals surface area (Å²) in [6.07, 6.45) is 1.18. The van der Waals surface area contributed by atoms with E-state index in [1.807, 2.05) is 0 Å². The Hall–Kier alpha value is -3.10. The summed E-state index contributed by atoms with van der Waals surface area (Å²) in [6.45, 7) is 0.187. The van der Waals surface area contributed by atoms with E-state index in [-0.39, 0.29) is 18.2 Å².